The van der Waals surface area contributed by atoms with Gasteiger partial charge in [0.25, 0.3) is 0 Å². The number of unbranched alkanes of at least 4 members (excludes halogenated alkanes) is 1. The first-order chi connectivity index (χ1) is 10.8. The third-order valence-corrected chi connectivity index (χ3v) is 5.93. The van der Waals surface area contributed by atoms with Crippen LogP contribution in [0.4, 0.5) is 0 Å². The SMILES string of the molecule is CN=C(NCCCCC1CCCC1)N1CCC2(CCOC2)C1.I. The highest BCUT2D eigenvalue weighted by Crippen LogP contribution is 2.38. The third-order valence-electron chi connectivity index (χ3n) is 5.93. The summed E-state index contributed by atoms with van der Waals surface area (Å²) in [6.45, 7) is 5.21. The molecule has 1 unspecified atom stereocenters. The fourth-order valence-electron chi connectivity index (χ4n) is 4.48. The molecule has 1 aliphatic carbocycles. The van der Waals surface area contributed by atoms with E-state index in [4.69, 9.17) is 4.74 Å². The number of halogens is 1. The number of aliphatic imine (C=N–C) groups is 1. The van der Waals surface area contributed by atoms with Gasteiger partial charge in [-0.1, -0.05) is 38.5 Å². The lowest BCUT2D eigenvalue weighted by Gasteiger charge is -2.25. The summed E-state index contributed by atoms with van der Waals surface area (Å²) < 4.78 is 5.62. The zero-order valence-electron chi connectivity index (χ0n) is 14.7. The van der Waals surface area contributed by atoms with Crippen molar-refractivity contribution in [2.45, 2.75) is 57.8 Å². The number of ether oxygens (including phenoxy) is 1. The summed E-state index contributed by atoms with van der Waals surface area (Å²) in [5.41, 5.74) is 0.417. The Balaban J connectivity index is 0.00000192. The highest BCUT2D eigenvalue weighted by molar-refractivity contribution is 14.0. The van der Waals surface area contributed by atoms with Crippen molar-refractivity contribution in [1.29, 1.82) is 0 Å². The van der Waals surface area contributed by atoms with Crippen molar-refractivity contribution in [3.8, 4) is 0 Å². The molecule has 1 spiro atoms. The van der Waals surface area contributed by atoms with Crippen LogP contribution in [0.2, 0.25) is 0 Å². The molecular weight excluding hydrogens is 401 g/mol. The quantitative estimate of drug-likeness (QED) is 0.310. The van der Waals surface area contributed by atoms with Crippen molar-refractivity contribution in [3.05, 3.63) is 0 Å². The van der Waals surface area contributed by atoms with Crippen LogP contribution in [0, 0.1) is 11.3 Å². The van der Waals surface area contributed by atoms with Gasteiger partial charge in [0, 0.05) is 38.7 Å². The molecule has 0 aromatic heterocycles. The van der Waals surface area contributed by atoms with Crippen LogP contribution in [0.5, 0.6) is 0 Å². The smallest absolute Gasteiger partial charge is 0.193 e. The minimum atomic E-state index is 0. The third kappa shape index (κ3) is 5.21. The van der Waals surface area contributed by atoms with E-state index in [2.05, 4.69) is 15.2 Å². The van der Waals surface area contributed by atoms with Gasteiger partial charge in [-0.3, -0.25) is 4.99 Å². The van der Waals surface area contributed by atoms with Gasteiger partial charge in [-0.05, 0) is 25.2 Å². The van der Waals surface area contributed by atoms with Crippen LogP contribution in [0.3, 0.4) is 0 Å². The van der Waals surface area contributed by atoms with Crippen LogP contribution in [0.25, 0.3) is 0 Å². The summed E-state index contributed by atoms with van der Waals surface area (Å²) in [5, 5.41) is 3.58. The van der Waals surface area contributed by atoms with E-state index in [1.807, 2.05) is 7.05 Å². The fourth-order valence-corrected chi connectivity index (χ4v) is 4.48. The molecule has 0 radical (unpaired) electrons. The highest BCUT2D eigenvalue weighted by Gasteiger charge is 2.42. The number of hydrogen-bond donors (Lipinski definition) is 1. The summed E-state index contributed by atoms with van der Waals surface area (Å²) in [6.07, 6.45) is 12.5. The topological polar surface area (TPSA) is 36.9 Å². The van der Waals surface area contributed by atoms with Crippen molar-refractivity contribution in [3.63, 3.8) is 0 Å². The van der Waals surface area contributed by atoms with Gasteiger partial charge >= 0.3 is 0 Å². The first kappa shape index (κ1) is 19.3. The standard InChI is InChI=1S/C18H33N3O.HI/c1-19-17(20-11-5-4-8-16-6-2-3-7-16)21-12-9-18(14-21)10-13-22-15-18;/h16H,2-15H2,1H3,(H,19,20);1H. The second-order valence-corrected chi connectivity index (χ2v) is 7.59. The second-order valence-electron chi connectivity index (χ2n) is 7.59. The molecule has 2 aliphatic heterocycles. The van der Waals surface area contributed by atoms with Crippen LogP contribution in [-0.4, -0.2) is 50.8 Å². The summed E-state index contributed by atoms with van der Waals surface area (Å²) in [7, 11) is 1.91. The lowest BCUT2D eigenvalue weighted by Crippen LogP contribution is -2.41. The van der Waals surface area contributed by atoms with E-state index in [0.717, 1.165) is 44.7 Å². The zero-order valence-corrected chi connectivity index (χ0v) is 17.0. The molecular formula is C18H34IN3O. The van der Waals surface area contributed by atoms with Crippen molar-refractivity contribution < 1.29 is 4.74 Å². The average Bonchev–Trinajstić information content (AvgIpc) is 3.27. The molecule has 0 aromatic rings. The van der Waals surface area contributed by atoms with Gasteiger partial charge < -0.3 is 15.0 Å². The average molecular weight is 435 g/mol. The monoisotopic (exact) mass is 435 g/mol. The van der Waals surface area contributed by atoms with E-state index < -0.39 is 0 Å². The minimum absolute atomic E-state index is 0. The Hall–Kier alpha value is -0.0400. The van der Waals surface area contributed by atoms with Gasteiger partial charge in [0.1, 0.15) is 0 Å². The molecule has 0 aromatic carbocycles. The maximum atomic E-state index is 5.62. The Bertz CT molecular complexity index is 376. The summed E-state index contributed by atoms with van der Waals surface area (Å²) >= 11 is 0. The summed E-state index contributed by atoms with van der Waals surface area (Å²) in [6, 6.07) is 0. The molecule has 0 amide bonds. The maximum absolute atomic E-state index is 5.62. The normalized spacial score (nSPS) is 28.6. The number of likely N-dealkylation sites (tertiary alicyclic amines) is 1. The van der Waals surface area contributed by atoms with E-state index in [0.29, 0.717) is 5.41 Å². The molecule has 3 fully saturated rings. The van der Waals surface area contributed by atoms with Crippen LogP contribution >= 0.6 is 24.0 Å². The van der Waals surface area contributed by atoms with Crippen LogP contribution in [0.1, 0.15) is 57.8 Å². The van der Waals surface area contributed by atoms with Gasteiger partial charge in [0.05, 0.1) is 6.61 Å². The molecule has 2 saturated heterocycles. The zero-order chi connectivity index (χ0) is 15.3. The highest BCUT2D eigenvalue weighted by atomic mass is 127. The molecule has 1 N–H and O–H groups in total. The van der Waals surface area contributed by atoms with Gasteiger partial charge in [-0.25, -0.2) is 0 Å². The van der Waals surface area contributed by atoms with E-state index in [1.54, 1.807) is 0 Å². The van der Waals surface area contributed by atoms with E-state index >= 15 is 0 Å². The molecule has 3 aliphatic rings. The Kier molecular flexibility index (Phi) is 7.92. The number of rotatable bonds is 5. The van der Waals surface area contributed by atoms with Crippen molar-refractivity contribution in [1.82, 2.24) is 10.2 Å². The lowest BCUT2D eigenvalue weighted by molar-refractivity contribution is 0.156. The number of nitrogens with one attached hydrogen (secondary N) is 1. The predicted molar refractivity (Wildman–Crippen MR) is 107 cm³/mol. The first-order valence-electron chi connectivity index (χ1n) is 9.35. The van der Waals surface area contributed by atoms with Crippen molar-refractivity contribution >= 4 is 29.9 Å². The van der Waals surface area contributed by atoms with Gasteiger partial charge in [0.2, 0.25) is 0 Å². The molecule has 2 heterocycles. The van der Waals surface area contributed by atoms with Gasteiger partial charge in [0.15, 0.2) is 5.96 Å². The largest absolute Gasteiger partial charge is 0.381 e. The second kappa shape index (κ2) is 9.44. The van der Waals surface area contributed by atoms with Crippen molar-refractivity contribution in [2.75, 3.05) is 39.9 Å². The van der Waals surface area contributed by atoms with E-state index in [1.165, 1.54) is 57.8 Å². The number of nitrogens with zero attached hydrogens (tertiary/aromatic N) is 2. The molecule has 3 rings (SSSR count). The summed E-state index contributed by atoms with van der Waals surface area (Å²) in [4.78, 5) is 6.93. The maximum Gasteiger partial charge on any atom is 0.193 e. The minimum Gasteiger partial charge on any atom is -0.381 e. The number of guanidine groups is 1. The van der Waals surface area contributed by atoms with Gasteiger partial charge in [-0.2, -0.15) is 0 Å². The Morgan fingerprint density at radius 1 is 1.26 bits per heavy atom. The Morgan fingerprint density at radius 2 is 2.09 bits per heavy atom. The van der Waals surface area contributed by atoms with E-state index in [9.17, 15) is 0 Å². The first-order valence-corrected chi connectivity index (χ1v) is 9.35. The molecule has 23 heavy (non-hydrogen) atoms. The molecule has 134 valence electrons. The molecule has 1 atom stereocenters. The molecule has 5 heteroatoms. The lowest BCUT2D eigenvalue weighted by atomic mass is 9.87. The number of hydrogen-bond acceptors (Lipinski definition) is 2. The van der Waals surface area contributed by atoms with Crippen LogP contribution in [-0.2, 0) is 4.74 Å². The fraction of sp³-hybridized carbons (Fsp3) is 0.944. The molecule has 0 bridgehead atoms. The summed E-state index contributed by atoms with van der Waals surface area (Å²) in [5.74, 6) is 2.13. The van der Waals surface area contributed by atoms with Crippen molar-refractivity contribution in [2.24, 2.45) is 16.3 Å². The van der Waals surface area contributed by atoms with Gasteiger partial charge in [-0.15, -0.1) is 24.0 Å². The van der Waals surface area contributed by atoms with Crippen LogP contribution in [0.15, 0.2) is 4.99 Å². The Morgan fingerprint density at radius 3 is 2.78 bits per heavy atom. The molecule has 4 nitrogen and oxygen atoms in total. The molecule has 1 saturated carbocycles. The Labute approximate surface area is 158 Å². The predicted octanol–water partition coefficient (Wildman–Crippen LogP) is 3.65. The van der Waals surface area contributed by atoms with E-state index in [-0.39, 0.29) is 24.0 Å². The van der Waals surface area contributed by atoms with Crippen LogP contribution < -0.4 is 5.32 Å².